The minimum Gasteiger partial charge on any atom is -0.435 e. The maximum absolute atomic E-state index is 13.2. The molecule has 31 heavy (non-hydrogen) atoms. The molecule has 0 amide bonds. The number of hydrogen-bond donors (Lipinski definition) is 1. The number of fused-ring (bicyclic) bond motifs is 1. The van der Waals surface area contributed by atoms with Crippen LogP contribution >= 0.6 is 11.3 Å². The van der Waals surface area contributed by atoms with Gasteiger partial charge < -0.3 is 19.7 Å². The number of anilines is 2. The predicted molar refractivity (Wildman–Crippen MR) is 119 cm³/mol. The number of nitrogens with one attached hydrogen (secondary N) is 1. The van der Waals surface area contributed by atoms with Crippen LogP contribution < -0.4 is 10.2 Å². The van der Waals surface area contributed by atoms with Gasteiger partial charge in [-0.1, -0.05) is 12.1 Å². The molecule has 7 nitrogen and oxygen atoms in total. The van der Waals surface area contributed by atoms with Crippen LogP contribution in [0.25, 0.3) is 10.2 Å². The molecule has 164 valence electrons. The van der Waals surface area contributed by atoms with Gasteiger partial charge in [-0.25, -0.2) is 14.2 Å². The van der Waals surface area contributed by atoms with Crippen LogP contribution in [0.4, 0.5) is 21.0 Å². The van der Waals surface area contributed by atoms with E-state index in [2.05, 4.69) is 15.6 Å². The second-order valence-electron chi connectivity index (χ2n) is 7.44. The quantitative estimate of drug-likeness (QED) is 0.542. The van der Waals surface area contributed by atoms with E-state index in [1.807, 2.05) is 6.92 Å². The van der Waals surface area contributed by atoms with Gasteiger partial charge in [0.1, 0.15) is 22.6 Å². The van der Waals surface area contributed by atoms with Gasteiger partial charge >= 0.3 is 6.16 Å². The molecule has 1 saturated heterocycles. The Morgan fingerprint density at radius 2 is 2.00 bits per heavy atom. The van der Waals surface area contributed by atoms with Crippen molar-refractivity contribution in [2.24, 2.45) is 0 Å². The van der Waals surface area contributed by atoms with E-state index >= 15 is 0 Å². The number of nitrogens with zero attached hydrogens (tertiary/aromatic N) is 3. The first-order chi connectivity index (χ1) is 15.0. The van der Waals surface area contributed by atoms with Crippen LogP contribution in [0.5, 0.6) is 0 Å². The molecular formula is C22H25FN4O3S. The Kier molecular flexibility index (Phi) is 6.50. The molecule has 0 saturated carbocycles. The molecule has 0 aliphatic carbocycles. The first-order valence-corrected chi connectivity index (χ1v) is 11.2. The lowest BCUT2D eigenvalue weighted by molar-refractivity contribution is 0.0183. The first kappa shape index (κ1) is 21.3. The van der Waals surface area contributed by atoms with Crippen LogP contribution in [0.15, 0.2) is 29.6 Å². The highest BCUT2D eigenvalue weighted by Crippen LogP contribution is 2.32. The minimum atomic E-state index is -0.611. The maximum Gasteiger partial charge on any atom is 0.508 e. The molecule has 0 spiro atoms. The molecule has 0 unspecified atom stereocenters. The molecule has 1 fully saturated rings. The molecule has 1 N–H and O–H groups in total. The van der Waals surface area contributed by atoms with E-state index in [1.165, 1.54) is 12.1 Å². The Balaban J connectivity index is 1.49. The average molecular weight is 445 g/mol. The van der Waals surface area contributed by atoms with Gasteiger partial charge in [0.2, 0.25) is 5.95 Å². The predicted octanol–water partition coefficient (Wildman–Crippen LogP) is 4.89. The SMILES string of the molecule is CCOC(=O)OC1CCN(c2nc(NCc3ccc(F)cc3)c3c(C)csc3n2)CC1. The van der Waals surface area contributed by atoms with Gasteiger partial charge in [-0.2, -0.15) is 4.98 Å². The van der Waals surface area contributed by atoms with Gasteiger partial charge in [0.25, 0.3) is 0 Å². The third kappa shape index (κ3) is 5.04. The monoisotopic (exact) mass is 444 g/mol. The molecule has 3 heterocycles. The van der Waals surface area contributed by atoms with Crippen molar-refractivity contribution in [3.63, 3.8) is 0 Å². The number of piperidine rings is 1. The van der Waals surface area contributed by atoms with E-state index in [4.69, 9.17) is 19.4 Å². The topological polar surface area (TPSA) is 76.6 Å². The van der Waals surface area contributed by atoms with Crippen molar-refractivity contribution >= 4 is 39.5 Å². The van der Waals surface area contributed by atoms with E-state index < -0.39 is 6.16 Å². The summed E-state index contributed by atoms with van der Waals surface area (Å²) in [7, 11) is 0. The fraction of sp³-hybridized carbons (Fsp3) is 0.409. The number of aromatic nitrogens is 2. The smallest absolute Gasteiger partial charge is 0.435 e. The Morgan fingerprint density at radius 1 is 1.26 bits per heavy atom. The molecular weight excluding hydrogens is 419 g/mol. The molecule has 2 aromatic heterocycles. The molecule has 0 atom stereocenters. The number of aryl methyl sites for hydroxylation is 1. The maximum atomic E-state index is 13.2. The van der Waals surface area contributed by atoms with Crippen LogP contribution in [0, 0.1) is 12.7 Å². The van der Waals surface area contributed by atoms with Crippen molar-refractivity contribution in [2.45, 2.75) is 39.3 Å². The molecule has 9 heteroatoms. The van der Waals surface area contributed by atoms with Crippen molar-refractivity contribution in [2.75, 3.05) is 29.9 Å². The van der Waals surface area contributed by atoms with Gasteiger partial charge in [-0.3, -0.25) is 0 Å². The lowest BCUT2D eigenvalue weighted by atomic mass is 10.1. The number of rotatable bonds is 6. The number of ether oxygens (including phenoxy) is 2. The van der Waals surface area contributed by atoms with E-state index in [9.17, 15) is 9.18 Å². The summed E-state index contributed by atoms with van der Waals surface area (Å²) in [4.78, 5) is 24.2. The van der Waals surface area contributed by atoms with Gasteiger partial charge in [0, 0.05) is 32.5 Å². The summed E-state index contributed by atoms with van der Waals surface area (Å²) in [6.45, 7) is 6.03. The summed E-state index contributed by atoms with van der Waals surface area (Å²) in [6, 6.07) is 6.43. The largest absolute Gasteiger partial charge is 0.508 e. The van der Waals surface area contributed by atoms with Crippen LogP contribution in [-0.4, -0.2) is 41.9 Å². The number of halogens is 1. The summed E-state index contributed by atoms with van der Waals surface area (Å²) < 4.78 is 23.4. The van der Waals surface area contributed by atoms with Crippen LogP contribution in [0.2, 0.25) is 0 Å². The van der Waals surface area contributed by atoms with Crippen molar-refractivity contribution < 1.29 is 18.7 Å². The second kappa shape index (κ2) is 9.47. The van der Waals surface area contributed by atoms with E-state index in [1.54, 1.807) is 30.4 Å². The number of hydrogen-bond acceptors (Lipinski definition) is 8. The van der Waals surface area contributed by atoms with Gasteiger partial charge in [0.05, 0.1) is 12.0 Å². The highest BCUT2D eigenvalue weighted by molar-refractivity contribution is 7.17. The standard InChI is InChI=1S/C22H25FN4O3S/c1-3-29-22(28)30-17-8-10-27(11-9-17)21-25-19(18-14(2)13-31-20(18)26-21)24-12-15-4-6-16(23)7-5-15/h4-7,13,17H,3,8-12H2,1-2H3,(H,24,25,26). The molecule has 0 radical (unpaired) electrons. The minimum absolute atomic E-state index is 0.154. The lowest BCUT2D eigenvalue weighted by Crippen LogP contribution is -2.39. The van der Waals surface area contributed by atoms with Crippen LogP contribution in [0.1, 0.15) is 30.9 Å². The molecule has 0 bridgehead atoms. The lowest BCUT2D eigenvalue weighted by Gasteiger charge is -2.31. The first-order valence-electron chi connectivity index (χ1n) is 10.4. The van der Waals surface area contributed by atoms with E-state index in [-0.39, 0.29) is 11.9 Å². The van der Waals surface area contributed by atoms with E-state index in [0.29, 0.717) is 45.0 Å². The Morgan fingerprint density at radius 3 is 2.71 bits per heavy atom. The van der Waals surface area contributed by atoms with Crippen molar-refractivity contribution in [1.29, 1.82) is 0 Å². The number of thiophene rings is 1. The average Bonchev–Trinajstić information content (AvgIpc) is 3.15. The Labute approximate surface area is 184 Å². The molecule has 1 aliphatic rings. The van der Waals surface area contributed by atoms with Gasteiger partial charge in [0.15, 0.2) is 0 Å². The summed E-state index contributed by atoms with van der Waals surface area (Å²) in [6.07, 6.45) is 0.628. The number of benzene rings is 1. The van der Waals surface area contributed by atoms with Crippen LogP contribution in [0.3, 0.4) is 0 Å². The number of carbonyl (C=O) groups excluding carboxylic acids is 1. The second-order valence-corrected chi connectivity index (χ2v) is 8.30. The zero-order chi connectivity index (χ0) is 21.8. The Bertz CT molecular complexity index is 1050. The van der Waals surface area contributed by atoms with Crippen LogP contribution in [-0.2, 0) is 16.0 Å². The third-order valence-corrected chi connectivity index (χ3v) is 6.22. The summed E-state index contributed by atoms with van der Waals surface area (Å²) >= 11 is 1.59. The zero-order valence-corrected chi connectivity index (χ0v) is 18.4. The fourth-order valence-corrected chi connectivity index (χ4v) is 4.51. The summed E-state index contributed by atoms with van der Waals surface area (Å²) in [5.74, 6) is 1.18. The number of carbonyl (C=O) groups is 1. The van der Waals surface area contributed by atoms with Crippen molar-refractivity contribution in [3.05, 3.63) is 46.6 Å². The molecule has 1 aliphatic heterocycles. The molecule has 4 rings (SSSR count). The Hall–Kier alpha value is -2.94. The molecule has 3 aromatic rings. The van der Waals surface area contributed by atoms with Crippen molar-refractivity contribution in [3.8, 4) is 0 Å². The summed E-state index contributed by atoms with van der Waals surface area (Å²) in [5, 5.41) is 6.48. The fourth-order valence-electron chi connectivity index (χ4n) is 3.59. The van der Waals surface area contributed by atoms with E-state index in [0.717, 1.165) is 27.2 Å². The normalized spacial score (nSPS) is 14.6. The van der Waals surface area contributed by atoms with Crippen molar-refractivity contribution in [1.82, 2.24) is 9.97 Å². The highest BCUT2D eigenvalue weighted by Gasteiger charge is 2.25. The highest BCUT2D eigenvalue weighted by atomic mass is 32.1. The van der Waals surface area contributed by atoms with Gasteiger partial charge in [-0.05, 0) is 42.5 Å². The van der Waals surface area contributed by atoms with Gasteiger partial charge in [-0.15, -0.1) is 11.3 Å². The third-order valence-electron chi connectivity index (χ3n) is 5.23. The zero-order valence-electron chi connectivity index (χ0n) is 17.6. The molecule has 1 aromatic carbocycles. The summed E-state index contributed by atoms with van der Waals surface area (Å²) in [5.41, 5.74) is 2.09.